The molecule has 0 saturated heterocycles. The molecule has 1 atom stereocenters. The molecule has 0 saturated carbocycles. The Bertz CT molecular complexity index is 774. The second kappa shape index (κ2) is 7.19. The molecule has 2 aromatic rings. The van der Waals surface area contributed by atoms with Crippen molar-refractivity contribution in [1.82, 2.24) is 5.32 Å². The van der Waals surface area contributed by atoms with Crippen molar-refractivity contribution in [2.24, 2.45) is 0 Å². The molecule has 0 radical (unpaired) electrons. The molecule has 0 amide bonds. The van der Waals surface area contributed by atoms with Crippen LogP contribution in [0.4, 0.5) is 8.78 Å². The Morgan fingerprint density at radius 2 is 1.74 bits per heavy atom. The van der Waals surface area contributed by atoms with Crippen molar-refractivity contribution < 1.29 is 17.2 Å². The smallest absolute Gasteiger partial charge is 0.178 e. The lowest BCUT2D eigenvalue weighted by Gasteiger charge is -2.15. The van der Waals surface area contributed by atoms with E-state index in [9.17, 15) is 17.2 Å². The molecule has 124 valence electrons. The van der Waals surface area contributed by atoms with Gasteiger partial charge in [-0.1, -0.05) is 25.1 Å². The normalized spacial score (nSPS) is 13.0. The van der Waals surface area contributed by atoms with Crippen LogP contribution in [-0.2, 0) is 16.4 Å². The Balaban J connectivity index is 2.03. The molecule has 0 aliphatic heterocycles. The van der Waals surface area contributed by atoms with Crippen molar-refractivity contribution in [1.29, 1.82) is 0 Å². The average Bonchev–Trinajstić information content (AvgIpc) is 2.53. The molecule has 0 fully saturated rings. The molecule has 0 spiro atoms. The Kier molecular flexibility index (Phi) is 5.49. The third-order valence-corrected chi connectivity index (χ3v) is 5.45. The second-order valence-electron chi connectivity index (χ2n) is 5.32. The third kappa shape index (κ3) is 4.36. The molecule has 6 heteroatoms. The van der Waals surface area contributed by atoms with Crippen LogP contribution in [-0.4, -0.2) is 14.2 Å². The molecule has 0 heterocycles. The predicted octanol–water partition coefficient (Wildman–Crippen LogP) is 3.61. The Morgan fingerprint density at radius 3 is 2.30 bits per heavy atom. The molecule has 3 nitrogen and oxygen atoms in total. The lowest BCUT2D eigenvalue weighted by atomic mass is 10.1. The summed E-state index contributed by atoms with van der Waals surface area (Å²) in [7, 11) is -3.20. The number of rotatable bonds is 6. The first-order valence-electron chi connectivity index (χ1n) is 7.33. The molecule has 0 aliphatic carbocycles. The topological polar surface area (TPSA) is 46.2 Å². The van der Waals surface area contributed by atoms with Crippen molar-refractivity contribution in [2.45, 2.75) is 31.3 Å². The van der Waals surface area contributed by atoms with Gasteiger partial charge in [-0.15, -0.1) is 0 Å². The van der Waals surface area contributed by atoms with E-state index >= 15 is 0 Å². The number of halogens is 2. The number of sulfone groups is 1. The van der Waals surface area contributed by atoms with Gasteiger partial charge in [0, 0.05) is 24.2 Å². The van der Waals surface area contributed by atoms with Crippen molar-refractivity contribution in [3.8, 4) is 0 Å². The minimum Gasteiger partial charge on any atom is -0.306 e. The van der Waals surface area contributed by atoms with E-state index in [2.05, 4.69) is 5.32 Å². The summed E-state index contributed by atoms with van der Waals surface area (Å²) in [6, 6.07) is 9.79. The summed E-state index contributed by atoms with van der Waals surface area (Å²) >= 11 is 0. The van der Waals surface area contributed by atoms with Gasteiger partial charge in [0.1, 0.15) is 11.6 Å². The van der Waals surface area contributed by atoms with E-state index in [1.54, 1.807) is 38.1 Å². The van der Waals surface area contributed by atoms with Gasteiger partial charge in [-0.2, -0.15) is 0 Å². The van der Waals surface area contributed by atoms with E-state index in [0.29, 0.717) is 17.0 Å². The van der Waals surface area contributed by atoms with Gasteiger partial charge in [-0.25, -0.2) is 17.2 Å². The van der Waals surface area contributed by atoms with Crippen LogP contribution in [0, 0.1) is 11.6 Å². The minimum absolute atomic E-state index is 0.0610. The molecule has 2 aromatic carbocycles. The van der Waals surface area contributed by atoms with Gasteiger partial charge in [-0.3, -0.25) is 0 Å². The maximum absolute atomic E-state index is 13.7. The summed E-state index contributed by atoms with van der Waals surface area (Å²) in [5.41, 5.74) is 1.27. The number of hydrogen-bond donors (Lipinski definition) is 1. The Hall–Kier alpha value is -1.79. The monoisotopic (exact) mass is 339 g/mol. The summed E-state index contributed by atoms with van der Waals surface area (Å²) in [5, 5.41) is 3.14. The standard InChI is InChI=1S/C17H19F2NO2S/c1-3-23(21,22)15-7-4-13(5-8-15)11-20-12(2)16-9-6-14(18)10-17(16)19/h4-10,12,20H,3,11H2,1-2H3/t12-/m0/s1. The zero-order valence-corrected chi connectivity index (χ0v) is 13.8. The summed E-state index contributed by atoms with van der Waals surface area (Å²) in [4.78, 5) is 0.293. The van der Waals surface area contributed by atoms with Gasteiger partial charge in [0.2, 0.25) is 0 Å². The summed E-state index contributed by atoms with van der Waals surface area (Å²) < 4.78 is 50.1. The molecule has 23 heavy (non-hydrogen) atoms. The Morgan fingerprint density at radius 1 is 1.09 bits per heavy atom. The number of benzene rings is 2. The summed E-state index contributed by atoms with van der Waals surface area (Å²) in [5.74, 6) is -1.13. The molecule has 0 unspecified atom stereocenters. The highest BCUT2D eigenvalue weighted by Crippen LogP contribution is 2.19. The van der Waals surface area contributed by atoms with Gasteiger partial charge < -0.3 is 5.32 Å². The number of nitrogens with one attached hydrogen (secondary N) is 1. The van der Waals surface area contributed by atoms with E-state index in [1.165, 1.54) is 12.1 Å². The van der Waals surface area contributed by atoms with Crippen LogP contribution in [0.5, 0.6) is 0 Å². The van der Waals surface area contributed by atoms with Crippen LogP contribution in [0.2, 0.25) is 0 Å². The van der Waals surface area contributed by atoms with Crippen LogP contribution in [0.3, 0.4) is 0 Å². The van der Waals surface area contributed by atoms with E-state index in [-0.39, 0.29) is 11.8 Å². The quantitative estimate of drug-likeness (QED) is 0.874. The summed E-state index contributed by atoms with van der Waals surface area (Å²) in [6.07, 6.45) is 0. The maximum atomic E-state index is 13.7. The van der Waals surface area contributed by atoms with Crippen LogP contribution >= 0.6 is 0 Å². The van der Waals surface area contributed by atoms with Gasteiger partial charge >= 0.3 is 0 Å². The molecule has 0 aromatic heterocycles. The molecule has 2 rings (SSSR count). The van der Waals surface area contributed by atoms with Crippen LogP contribution in [0.25, 0.3) is 0 Å². The SMILES string of the molecule is CCS(=O)(=O)c1ccc(CN[C@@H](C)c2ccc(F)cc2F)cc1. The Labute approximate surface area is 135 Å². The molecular formula is C17H19F2NO2S. The lowest BCUT2D eigenvalue weighted by Crippen LogP contribution is -2.19. The van der Waals surface area contributed by atoms with Gasteiger partial charge in [0.15, 0.2) is 9.84 Å². The van der Waals surface area contributed by atoms with Crippen LogP contribution in [0.15, 0.2) is 47.4 Å². The van der Waals surface area contributed by atoms with Gasteiger partial charge in [0.25, 0.3) is 0 Å². The lowest BCUT2D eigenvalue weighted by molar-refractivity contribution is 0.517. The van der Waals surface area contributed by atoms with E-state index < -0.39 is 21.5 Å². The minimum atomic E-state index is -3.20. The highest BCUT2D eigenvalue weighted by atomic mass is 32.2. The first kappa shape index (κ1) is 17.6. The fraction of sp³-hybridized carbons (Fsp3) is 0.294. The summed E-state index contributed by atoms with van der Waals surface area (Å²) in [6.45, 7) is 3.83. The van der Waals surface area contributed by atoms with E-state index in [0.717, 1.165) is 11.6 Å². The average molecular weight is 339 g/mol. The van der Waals surface area contributed by atoms with Crippen LogP contribution < -0.4 is 5.32 Å². The zero-order chi connectivity index (χ0) is 17.0. The zero-order valence-electron chi connectivity index (χ0n) is 13.0. The third-order valence-electron chi connectivity index (χ3n) is 3.70. The highest BCUT2D eigenvalue weighted by molar-refractivity contribution is 7.91. The maximum Gasteiger partial charge on any atom is 0.178 e. The van der Waals surface area contributed by atoms with E-state index in [4.69, 9.17) is 0 Å². The first-order chi connectivity index (χ1) is 10.8. The number of hydrogen-bond acceptors (Lipinski definition) is 3. The van der Waals surface area contributed by atoms with E-state index in [1.807, 2.05) is 0 Å². The molecule has 1 N–H and O–H groups in total. The first-order valence-corrected chi connectivity index (χ1v) is 8.98. The molecule has 0 aliphatic rings. The fourth-order valence-electron chi connectivity index (χ4n) is 2.21. The van der Waals surface area contributed by atoms with Crippen molar-refractivity contribution in [3.63, 3.8) is 0 Å². The van der Waals surface area contributed by atoms with Crippen molar-refractivity contribution in [2.75, 3.05) is 5.75 Å². The highest BCUT2D eigenvalue weighted by Gasteiger charge is 2.13. The van der Waals surface area contributed by atoms with Crippen LogP contribution in [0.1, 0.15) is 31.0 Å². The largest absolute Gasteiger partial charge is 0.306 e. The second-order valence-corrected chi connectivity index (χ2v) is 7.59. The van der Waals surface area contributed by atoms with Gasteiger partial charge in [-0.05, 0) is 30.7 Å². The molecular weight excluding hydrogens is 320 g/mol. The predicted molar refractivity (Wildman–Crippen MR) is 85.8 cm³/mol. The fourth-order valence-corrected chi connectivity index (χ4v) is 3.10. The van der Waals surface area contributed by atoms with Crippen molar-refractivity contribution in [3.05, 3.63) is 65.2 Å². The van der Waals surface area contributed by atoms with Crippen molar-refractivity contribution >= 4 is 9.84 Å². The molecule has 0 bridgehead atoms. The van der Waals surface area contributed by atoms with Gasteiger partial charge in [0.05, 0.1) is 10.6 Å².